The minimum absolute atomic E-state index is 0.168. The average molecular weight is 387 g/mol. The molecule has 1 N–H and O–H groups in total. The largest absolute Gasteiger partial charge is 0.489 e. The lowest BCUT2D eigenvalue weighted by molar-refractivity contribution is -0.140. The fourth-order valence-corrected chi connectivity index (χ4v) is 3.17. The van der Waals surface area contributed by atoms with E-state index in [2.05, 4.69) is 0 Å². The highest BCUT2D eigenvalue weighted by Gasteiger charge is 2.36. The maximum atomic E-state index is 12.9. The van der Waals surface area contributed by atoms with Gasteiger partial charge in [-0.2, -0.15) is 0 Å². The first kappa shape index (κ1) is 18.7. The molecule has 0 saturated carbocycles. The summed E-state index contributed by atoms with van der Waals surface area (Å²) in [6, 6.07) is 12.8. The topological polar surface area (TPSA) is 83.9 Å². The molecule has 2 aromatic rings. The summed E-state index contributed by atoms with van der Waals surface area (Å²) in [5.74, 6) is -1.59. The van der Waals surface area contributed by atoms with E-state index in [1.54, 1.807) is 36.4 Å². The maximum Gasteiger partial charge on any atom is 0.323 e. The first-order chi connectivity index (χ1) is 12.9. The van der Waals surface area contributed by atoms with E-state index in [1.165, 1.54) is 18.2 Å². The molecule has 138 valence electrons. The molecule has 0 atom stereocenters. The summed E-state index contributed by atoms with van der Waals surface area (Å²) >= 11 is 0.705. The number of ether oxygens (including phenoxy) is 1. The number of carboxylic acids is 1. The van der Waals surface area contributed by atoms with Gasteiger partial charge < -0.3 is 9.84 Å². The number of aliphatic carboxylic acids is 1. The Morgan fingerprint density at radius 3 is 2.41 bits per heavy atom. The maximum absolute atomic E-state index is 12.9. The SMILES string of the molecule is O=C(O)CN1C(=O)S/C(=C/c2ccc(OCc3ccc(F)cc3)cc2)C1=O. The van der Waals surface area contributed by atoms with E-state index in [0.717, 1.165) is 5.56 Å². The molecule has 27 heavy (non-hydrogen) atoms. The standard InChI is InChI=1S/C19H14FNO5S/c20-14-5-1-13(2-6-14)11-26-15-7-3-12(4-8-15)9-16-18(24)21(10-17(22)23)19(25)27-16/h1-9H,10-11H2,(H,22,23)/b16-9+. The normalized spacial score (nSPS) is 15.4. The molecule has 2 aromatic carbocycles. The molecule has 6 nitrogen and oxygen atoms in total. The van der Waals surface area contributed by atoms with Crippen molar-refractivity contribution in [3.05, 3.63) is 70.4 Å². The predicted molar refractivity (Wildman–Crippen MR) is 97.5 cm³/mol. The quantitative estimate of drug-likeness (QED) is 0.764. The van der Waals surface area contributed by atoms with Crippen molar-refractivity contribution in [3.63, 3.8) is 0 Å². The molecule has 3 rings (SSSR count). The molecule has 0 spiro atoms. The molecule has 0 aliphatic carbocycles. The number of carbonyl (C=O) groups excluding carboxylic acids is 2. The van der Waals surface area contributed by atoms with Crippen LogP contribution in [0.2, 0.25) is 0 Å². The zero-order valence-corrected chi connectivity index (χ0v) is 14.7. The number of carbonyl (C=O) groups is 3. The smallest absolute Gasteiger partial charge is 0.323 e. The van der Waals surface area contributed by atoms with Gasteiger partial charge in [0.2, 0.25) is 0 Å². The first-order valence-corrected chi connectivity index (χ1v) is 8.68. The van der Waals surface area contributed by atoms with E-state index in [4.69, 9.17) is 9.84 Å². The van der Waals surface area contributed by atoms with E-state index in [1.807, 2.05) is 0 Å². The van der Waals surface area contributed by atoms with Crippen LogP contribution in [-0.4, -0.2) is 33.7 Å². The number of imide groups is 1. The van der Waals surface area contributed by atoms with Crippen molar-refractivity contribution < 1.29 is 28.6 Å². The van der Waals surface area contributed by atoms with Crippen LogP contribution in [0, 0.1) is 5.82 Å². The molecule has 1 heterocycles. The van der Waals surface area contributed by atoms with Gasteiger partial charge in [-0.3, -0.25) is 19.3 Å². The molecular weight excluding hydrogens is 373 g/mol. The van der Waals surface area contributed by atoms with Crippen LogP contribution in [0.5, 0.6) is 5.75 Å². The fraction of sp³-hybridized carbons (Fsp3) is 0.105. The van der Waals surface area contributed by atoms with E-state index in [0.29, 0.717) is 28.0 Å². The number of hydrogen-bond donors (Lipinski definition) is 1. The van der Waals surface area contributed by atoms with Gasteiger partial charge in [0, 0.05) is 0 Å². The molecule has 1 aliphatic rings. The van der Waals surface area contributed by atoms with Crippen LogP contribution >= 0.6 is 11.8 Å². The molecule has 0 radical (unpaired) electrons. The van der Waals surface area contributed by atoms with Crippen LogP contribution in [0.1, 0.15) is 11.1 Å². The summed E-state index contributed by atoms with van der Waals surface area (Å²) in [6.45, 7) is -0.369. The lowest BCUT2D eigenvalue weighted by Gasteiger charge is -2.08. The Hall–Kier alpha value is -3.13. The van der Waals surface area contributed by atoms with Crippen molar-refractivity contribution in [2.45, 2.75) is 6.61 Å². The van der Waals surface area contributed by atoms with E-state index < -0.39 is 23.7 Å². The summed E-state index contributed by atoms with van der Waals surface area (Å²) in [5, 5.41) is 8.15. The lowest BCUT2D eigenvalue weighted by atomic mass is 10.2. The summed E-state index contributed by atoms with van der Waals surface area (Å²) < 4.78 is 18.5. The van der Waals surface area contributed by atoms with Crippen molar-refractivity contribution in [2.75, 3.05) is 6.54 Å². The average Bonchev–Trinajstić information content (AvgIpc) is 2.89. The van der Waals surface area contributed by atoms with Gasteiger partial charge in [0.1, 0.15) is 24.7 Å². The molecule has 1 saturated heterocycles. The number of halogens is 1. The van der Waals surface area contributed by atoms with Gasteiger partial charge in [0.05, 0.1) is 4.91 Å². The number of rotatable bonds is 6. The highest BCUT2D eigenvalue weighted by Crippen LogP contribution is 2.32. The molecule has 0 unspecified atom stereocenters. The zero-order valence-electron chi connectivity index (χ0n) is 13.9. The summed E-state index contributed by atoms with van der Waals surface area (Å²) in [6.07, 6.45) is 1.52. The Labute approximate surface area is 158 Å². The summed E-state index contributed by atoms with van der Waals surface area (Å²) in [5.41, 5.74) is 1.50. The van der Waals surface area contributed by atoms with Crippen LogP contribution < -0.4 is 4.74 Å². The van der Waals surface area contributed by atoms with Crippen LogP contribution in [0.25, 0.3) is 6.08 Å². The van der Waals surface area contributed by atoms with Crippen LogP contribution in [0.4, 0.5) is 9.18 Å². The number of carboxylic acid groups (broad SMARTS) is 1. The van der Waals surface area contributed by atoms with Gasteiger partial charge >= 0.3 is 5.97 Å². The number of hydrogen-bond acceptors (Lipinski definition) is 5. The Morgan fingerprint density at radius 2 is 1.78 bits per heavy atom. The third kappa shape index (κ3) is 4.73. The molecule has 1 fully saturated rings. The Morgan fingerprint density at radius 1 is 1.11 bits per heavy atom. The van der Waals surface area contributed by atoms with Gasteiger partial charge in [-0.05, 0) is 53.2 Å². The van der Waals surface area contributed by atoms with E-state index in [-0.39, 0.29) is 17.3 Å². The van der Waals surface area contributed by atoms with E-state index in [9.17, 15) is 18.8 Å². The summed E-state index contributed by atoms with van der Waals surface area (Å²) in [7, 11) is 0. The molecule has 1 aliphatic heterocycles. The Balaban J connectivity index is 1.64. The first-order valence-electron chi connectivity index (χ1n) is 7.87. The van der Waals surface area contributed by atoms with Crippen LogP contribution in [-0.2, 0) is 16.2 Å². The number of nitrogens with zero attached hydrogens (tertiary/aromatic N) is 1. The van der Waals surface area contributed by atoms with E-state index >= 15 is 0 Å². The Bertz CT molecular complexity index is 909. The minimum atomic E-state index is -1.25. The van der Waals surface area contributed by atoms with Crippen molar-refractivity contribution in [2.24, 2.45) is 0 Å². The third-order valence-electron chi connectivity index (χ3n) is 3.66. The Kier molecular flexibility index (Phi) is 5.56. The van der Waals surface area contributed by atoms with Crippen LogP contribution in [0.15, 0.2) is 53.4 Å². The lowest BCUT2D eigenvalue weighted by Crippen LogP contribution is -2.33. The summed E-state index contributed by atoms with van der Waals surface area (Å²) in [4.78, 5) is 35.4. The second-order valence-electron chi connectivity index (χ2n) is 5.65. The van der Waals surface area contributed by atoms with Gasteiger partial charge in [0.15, 0.2) is 0 Å². The van der Waals surface area contributed by atoms with Gasteiger partial charge in [-0.15, -0.1) is 0 Å². The predicted octanol–water partition coefficient (Wildman–Crippen LogP) is 3.53. The molecular formula is C19H14FNO5S. The van der Waals surface area contributed by atoms with Crippen molar-refractivity contribution in [1.82, 2.24) is 4.90 Å². The second-order valence-corrected chi connectivity index (χ2v) is 6.64. The zero-order chi connectivity index (χ0) is 19.4. The number of thioether (sulfide) groups is 1. The second kappa shape index (κ2) is 8.05. The monoisotopic (exact) mass is 387 g/mol. The van der Waals surface area contributed by atoms with Gasteiger partial charge in [0.25, 0.3) is 11.1 Å². The molecule has 8 heteroatoms. The number of amides is 2. The van der Waals surface area contributed by atoms with Gasteiger partial charge in [-0.25, -0.2) is 4.39 Å². The van der Waals surface area contributed by atoms with Crippen molar-refractivity contribution >= 4 is 35.0 Å². The van der Waals surface area contributed by atoms with Gasteiger partial charge in [-0.1, -0.05) is 24.3 Å². The minimum Gasteiger partial charge on any atom is -0.489 e. The highest BCUT2D eigenvalue weighted by atomic mass is 32.2. The molecule has 2 amide bonds. The third-order valence-corrected chi connectivity index (χ3v) is 4.57. The number of benzene rings is 2. The molecule has 0 aromatic heterocycles. The fourth-order valence-electron chi connectivity index (χ4n) is 2.33. The highest BCUT2D eigenvalue weighted by molar-refractivity contribution is 8.18. The van der Waals surface area contributed by atoms with Crippen molar-refractivity contribution in [3.8, 4) is 5.75 Å². The van der Waals surface area contributed by atoms with Crippen LogP contribution in [0.3, 0.4) is 0 Å². The molecule has 0 bridgehead atoms. The van der Waals surface area contributed by atoms with Crippen molar-refractivity contribution in [1.29, 1.82) is 0 Å².